The first-order chi connectivity index (χ1) is 14.1. The van der Waals surface area contributed by atoms with E-state index in [0.717, 1.165) is 28.2 Å². The summed E-state index contributed by atoms with van der Waals surface area (Å²) in [5.74, 6) is 2.20. The van der Waals surface area contributed by atoms with Crippen LogP contribution in [0.4, 0.5) is 0 Å². The number of nitrogens with one attached hydrogen (secondary N) is 1. The first kappa shape index (κ1) is 19.9. The fourth-order valence-electron chi connectivity index (χ4n) is 3.14. The summed E-state index contributed by atoms with van der Waals surface area (Å²) in [6, 6.07) is 17.7. The molecule has 0 spiro atoms. The highest BCUT2D eigenvalue weighted by atomic mass is 35.5. The molecule has 4 rings (SSSR count). The summed E-state index contributed by atoms with van der Waals surface area (Å²) in [7, 11) is 0. The van der Waals surface area contributed by atoms with Crippen LogP contribution in [0.25, 0.3) is 0 Å². The number of halogens is 2. The van der Waals surface area contributed by atoms with E-state index < -0.39 is 0 Å². The second-order valence-electron chi connectivity index (χ2n) is 6.94. The highest BCUT2D eigenvalue weighted by Gasteiger charge is 2.14. The Labute approximate surface area is 180 Å². The van der Waals surface area contributed by atoms with Crippen molar-refractivity contribution in [1.29, 1.82) is 0 Å². The third kappa shape index (κ3) is 4.96. The Hall–Kier alpha value is -2.40. The van der Waals surface area contributed by atoms with Gasteiger partial charge in [0.15, 0.2) is 11.5 Å². The third-order valence-corrected chi connectivity index (χ3v) is 5.17. The van der Waals surface area contributed by atoms with E-state index in [0.29, 0.717) is 35.5 Å². The highest BCUT2D eigenvalue weighted by Crippen LogP contribution is 2.34. The molecule has 150 valence electrons. The Morgan fingerprint density at radius 2 is 1.66 bits per heavy atom. The van der Waals surface area contributed by atoms with Crippen LogP contribution in [0, 0.1) is 6.92 Å². The van der Waals surface area contributed by atoms with Crippen molar-refractivity contribution < 1.29 is 14.2 Å². The van der Waals surface area contributed by atoms with Gasteiger partial charge in [0.1, 0.15) is 12.4 Å². The average molecular weight is 430 g/mol. The van der Waals surface area contributed by atoms with Crippen molar-refractivity contribution in [3.63, 3.8) is 0 Å². The molecule has 6 heteroatoms. The molecule has 0 bridgehead atoms. The maximum absolute atomic E-state index is 6.42. The molecular weight excluding hydrogens is 409 g/mol. The van der Waals surface area contributed by atoms with Gasteiger partial charge in [-0.05, 0) is 42.3 Å². The van der Waals surface area contributed by atoms with Gasteiger partial charge in [0.25, 0.3) is 0 Å². The van der Waals surface area contributed by atoms with Crippen LogP contribution in [0.5, 0.6) is 17.2 Å². The van der Waals surface area contributed by atoms with Crippen molar-refractivity contribution in [2.24, 2.45) is 0 Å². The molecule has 3 aromatic rings. The zero-order chi connectivity index (χ0) is 20.2. The minimum absolute atomic E-state index is 0.273. The minimum atomic E-state index is 0.273. The topological polar surface area (TPSA) is 39.7 Å². The van der Waals surface area contributed by atoms with Crippen LogP contribution < -0.4 is 19.5 Å². The fourth-order valence-corrected chi connectivity index (χ4v) is 3.73. The van der Waals surface area contributed by atoms with Crippen LogP contribution in [0.3, 0.4) is 0 Å². The van der Waals surface area contributed by atoms with Gasteiger partial charge >= 0.3 is 0 Å². The zero-order valence-corrected chi connectivity index (χ0v) is 17.5. The Morgan fingerprint density at radius 1 is 0.897 bits per heavy atom. The van der Waals surface area contributed by atoms with Crippen LogP contribution in [-0.4, -0.2) is 6.79 Å². The monoisotopic (exact) mass is 429 g/mol. The number of ether oxygens (including phenoxy) is 3. The summed E-state index contributed by atoms with van der Waals surface area (Å²) in [4.78, 5) is 0. The van der Waals surface area contributed by atoms with E-state index in [9.17, 15) is 0 Å². The quantitative estimate of drug-likeness (QED) is 0.507. The standard InChI is InChI=1S/C23H21Cl2NO3/c1-15-2-4-16(5-3-15)13-27-23-18(9-19(24)10-20(23)25)12-26-11-17-6-7-21-22(8-17)29-14-28-21/h2-10,26H,11-14H2,1H3. The number of fused-ring (bicyclic) bond motifs is 1. The molecule has 3 aromatic carbocycles. The summed E-state index contributed by atoms with van der Waals surface area (Å²) in [6.45, 7) is 4.01. The van der Waals surface area contributed by atoms with Gasteiger partial charge < -0.3 is 19.5 Å². The predicted octanol–water partition coefficient (Wildman–Crippen LogP) is 5.90. The lowest BCUT2D eigenvalue weighted by molar-refractivity contribution is 0.174. The zero-order valence-electron chi connectivity index (χ0n) is 16.0. The predicted molar refractivity (Wildman–Crippen MR) is 115 cm³/mol. The van der Waals surface area contributed by atoms with E-state index in [-0.39, 0.29) is 6.79 Å². The lowest BCUT2D eigenvalue weighted by atomic mass is 10.1. The molecular formula is C23H21Cl2NO3. The van der Waals surface area contributed by atoms with Crippen molar-refractivity contribution in [2.75, 3.05) is 6.79 Å². The lowest BCUT2D eigenvalue weighted by Gasteiger charge is -2.15. The van der Waals surface area contributed by atoms with Crippen molar-refractivity contribution in [2.45, 2.75) is 26.6 Å². The minimum Gasteiger partial charge on any atom is -0.487 e. The summed E-state index contributed by atoms with van der Waals surface area (Å²) >= 11 is 12.6. The summed E-state index contributed by atoms with van der Waals surface area (Å²) in [5, 5.41) is 4.50. The van der Waals surface area contributed by atoms with Gasteiger partial charge in [0, 0.05) is 23.7 Å². The average Bonchev–Trinajstić information content (AvgIpc) is 3.16. The molecule has 0 fully saturated rings. The van der Waals surface area contributed by atoms with Crippen molar-refractivity contribution in [3.05, 3.63) is 86.9 Å². The maximum Gasteiger partial charge on any atom is 0.231 e. The Balaban J connectivity index is 1.42. The van der Waals surface area contributed by atoms with Gasteiger partial charge in [-0.3, -0.25) is 0 Å². The number of hydrogen-bond acceptors (Lipinski definition) is 4. The van der Waals surface area contributed by atoms with E-state index in [1.54, 1.807) is 6.07 Å². The van der Waals surface area contributed by atoms with Crippen LogP contribution in [0.15, 0.2) is 54.6 Å². The van der Waals surface area contributed by atoms with Crippen LogP contribution in [0.1, 0.15) is 22.3 Å². The second-order valence-corrected chi connectivity index (χ2v) is 7.78. The number of hydrogen-bond donors (Lipinski definition) is 1. The van der Waals surface area contributed by atoms with Crippen LogP contribution >= 0.6 is 23.2 Å². The molecule has 29 heavy (non-hydrogen) atoms. The molecule has 0 saturated heterocycles. The van der Waals surface area contributed by atoms with Gasteiger partial charge in [0.2, 0.25) is 6.79 Å². The molecule has 1 N–H and O–H groups in total. The van der Waals surface area contributed by atoms with E-state index in [2.05, 4.69) is 36.5 Å². The molecule has 0 aromatic heterocycles. The molecule has 0 radical (unpaired) electrons. The van der Waals surface area contributed by atoms with E-state index >= 15 is 0 Å². The molecule has 1 heterocycles. The third-order valence-electron chi connectivity index (χ3n) is 4.67. The van der Waals surface area contributed by atoms with E-state index in [4.69, 9.17) is 37.4 Å². The normalized spacial score (nSPS) is 12.2. The molecule has 0 aliphatic carbocycles. The van der Waals surface area contributed by atoms with Gasteiger partial charge in [-0.1, -0.05) is 59.1 Å². The van der Waals surface area contributed by atoms with Gasteiger partial charge in [0.05, 0.1) is 5.02 Å². The van der Waals surface area contributed by atoms with Crippen molar-refractivity contribution in [3.8, 4) is 17.2 Å². The molecule has 1 aliphatic rings. The summed E-state index contributed by atoms with van der Waals surface area (Å²) < 4.78 is 16.8. The van der Waals surface area contributed by atoms with Gasteiger partial charge in [-0.2, -0.15) is 0 Å². The Bertz CT molecular complexity index is 1010. The summed E-state index contributed by atoms with van der Waals surface area (Å²) in [5.41, 5.74) is 4.31. The van der Waals surface area contributed by atoms with E-state index in [1.807, 2.05) is 24.3 Å². The lowest BCUT2D eigenvalue weighted by Crippen LogP contribution is -2.14. The molecule has 0 unspecified atom stereocenters. The van der Waals surface area contributed by atoms with Crippen LogP contribution in [-0.2, 0) is 19.7 Å². The van der Waals surface area contributed by atoms with Gasteiger partial charge in [-0.15, -0.1) is 0 Å². The Morgan fingerprint density at radius 3 is 2.48 bits per heavy atom. The van der Waals surface area contributed by atoms with Gasteiger partial charge in [-0.25, -0.2) is 0 Å². The van der Waals surface area contributed by atoms with Crippen LogP contribution in [0.2, 0.25) is 10.0 Å². The maximum atomic E-state index is 6.42. The number of rotatable bonds is 7. The smallest absolute Gasteiger partial charge is 0.231 e. The number of aryl methyl sites for hydroxylation is 1. The molecule has 0 saturated carbocycles. The first-order valence-electron chi connectivity index (χ1n) is 9.34. The second kappa shape index (κ2) is 8.95. The first-order valence-corrected chi connectivity index (χ1v) is 10.1. The Kier molecular flexibility index (Phi) is 6.14. The molecule has 4 nitrogen and oxygen atoms in total. The molecule has 0 atom stereocenters. The van der Waals surface area contributed by atoms with Crippen molar-refractivity contribution >= 4 is 23.2 Å². The fraction of sp³-hybridized carbons (Fsp3) is 0.217. The summed E-state index contributed by atoms with van der Waals surface area (Å²) in [6.07, 6.45) is 0. The molecule has 0 amide bonds. The number of benzene rings is 3. The largest absolute Gasteiger partial charge is 0.487 e. The van der Waals surface area contributed by atoms with E-state index in [1.165, 1.54) is 5.56 Å². The molecule has 1 aliphatic heterocycles. The highest BCUT2D eigenvalue weighted by molar-refractivity contribution is 6.35. The van der Waals surface area contributed by atoms with Crippen molar-refractivity contribution in [1.82, 2.24) is 5.32 Å². The SMILES string of the molecule is Cc1ccc(COc2c(Cl)cc(Cl)cc2CNCc2ccc3c(c2)OCO3)cc1.